The first-order valence-corrected chi connectivity index (χ1v) is 4.17. The van der Waals surface area contributed by atoms with Crippen LogP contribution in [-0.4, -0.2) is 13.1 Å². The molecule has 1 aliphatic rings. The molecule has 0 bridgehead atoms. The Kier molecular flexibility index (Phi) is 2.21. The highest BCUT2D eigenvalue weighted by Crippen LogP contribution is 2.41. The lowest BCUT2D eigenvalue weighted by molar-refractivity contribution is -0.151. The lowest BCUT2D eigenvalue weighted by atomic mass is 9.88. The van der Waals surface area contributed by atoms with Gasteiger partial charge in [-0.2, -0.15) is 0 Å². The predicted molar refractivity (Wildman–Crippen MR) is 43.1 cm³/mol. The van der Waals surface area contributed by atoms with E-state index in [-0.39, 0.29) is 11.4 Å². The van der Waals surface area contributed by atoms with Crippen molar-refractivity contribution in [2.75, 3.05) is 7.11 Å². The van der Waals surface area contributed by atoms with Crippen molar-refractivity contribution in [1.82, 2.24) is 0 Å². The lowest BCUT2D eigenvalue weighted by Gasteiger charge is -2.19. The summed E-state index contributed by atoms with van der Waals surface area (Å²) < 4.78 is 4.75. The molecule has 1 saturated carbocycles. The number of hydrogen-bond donors (Lipinski definition) is 0. The zero-order valence-corrected chi connectivity index (χ0v) is 7.52. The molecule has 0 radical (unpaired) electrons. The van der Waals surface area contributed by atoms with Gasteiger partial charge in [-0.15, -0.1) is 0 Å². The van der Waals surface area contributed by atoms with Gasteiger partial charge in [0.25, 0.3) is 0 Å². The molecule has 0 spiro atoms. The zero-order chi connectivity index (χ0) is 8.48. The molecule has 11 heavy (non-hydrogen) atoms. The Morgan fingerprint density at radius 2 is 2.27 bits per heavy atom. The minimum Gasteiger partial charge on any atom is -0.469 e. The van der Waals surface area contributed by atoms with E-state index in [2.05, 4.69) is 6.92 Å². The number of carbonyl (C=O) groups is 1. The van der Waals surface area contributed by atoms with Crippen LogP contribution < -0.4 is 0 Å². The first-order chi connectivity index (χ1) is 5.08. The number of rotatable bonds is 1. The number of methoxy groups -OCH3 is 1. The predicted octanol–water partition coefficient (Wildman–Crippen LogP) is 1.99. The second-order valence-electron chi connectivity index (χ2n) is 3.90. The van der Waals surface area contributed by atoms with Gasteiger partial charge in [-0.25, -0.2) is 0 Å². The molecule has 0 N–H and O–H groups in total. The summed E-state index contributed by atoms with van der Waals surface area (Å²) in [6.07, 6.45) is 3.13. The van der Waals surface area contributed by atoms with Gasteiger partial charge in [0.1, 0.15) is 0 Å². The minimum absolute atomic E-state index is 0.0400. The van der Waals surface area contributed by atoms with Crippen LogP contribution in [0.2, 0.25) is 0 Å². The number of carbonyl (C=O) groups excluding carboxylic acids is 1. The molecule has 1 fully saturated rings. The summed E-state index contributed by atoms with van der Waals surface area (Å²) in [7, 11) is 1.47. The first-order valence-electron chi connectivity index (χ1n) is 4.17. The van der Waals surface area contributed by atoms with E-state index in [1.54, 1.807) is 0 Å². The van der Waals surface area contributed by atoms with E-state index in [0.29, 0.717) is 5.92 Å². The summed E-state index contributed by atoms with van der Waals surface area (Å²) in [6.45, 7) is 4.19. The van der Waals surface area contributed by atoms with Crippen LogP contribution in [0.15, 0.2) is 0 Å². The van der Waals surface area contributed by atoms with Crippen LogP contribution in [0, 0.1) is 11.3 Å². The Morgan fingerprint density at radius 3 is 2.64 bits per heavy atom. The number of esters is 1. The van der Waals surface area contributed by atoms with Crippen molar-refractivity contribution >= 4 is 5.97 Å². The van der Waals surface area contributed by atoms with Gasteiger partial charge in [-0.3, -0.25) is 4.79 Å². The molecule has 0 heterocycles. The molecule has 64 valence electrons. The molecule has 0 aromatic heterocycles. The minimum atomic E-state index is -0.186. The molecular formula is C9H16O2. The Labute approximate surface area is 67.9 Å². The fourth-order valence-electron chi connectivity index (χ4n) is 1.97. The van der Waals surface area contributed by atoms with Gasteiger partial charge in [0.2, 0.25) is 0 Å². The van der Waals surface area contributed by atoms with E-state index >= 15 is 0 Å². The van der Waals surface area contributed by atoms with Gasteiger partial charge in [0, 0.05) is 0 Å². The van der Waals surface area contributed by atoms with Crippen molar-refractivity contribution in [2.24, 2.45) is 11.3 Å². The van der Waals surface area contributed by atoms with Crippen molar-refractivity contribution in [3.8, 4) is 0 Å². The standard InChI is InChI=1S/C9H16O2/c1-7-4-5-9(2,6-7)8(10)11-3/h7H,4-6H2,1-3H3/t7-,9-/m0/s1. The Hall–Kier alpha value is -0.530. The second kappa shape index (κ2) is 2.84. The quantitative estimate of drug-likeness (QED) is 0.543. The lowest BCUT2D eigenvalue weighted by Crippen LogP contribution is -2.25. The summed E-state index contributed by atoms with van der Waals surface area (Å²) in [4.78, 5) is 11.3. The first kappa shape index (κ1) is 8.57. The molecule has 1 rings (SSSR count). The molecule has 0 amide bonds. The average Bonchev–Trinajstić information content (AvgIpc) is 2.31. The third-order valence-corrected chi connectivity index (χ3v) is 2.67. The normalized spacial score (nSPS) is 37.2. The highest BCUT2D eigenvalue weighted by molar-refractivity contribution is 5.76. The zero-order valence-electron chi connectivity index (χ0n) is 7.52. The topological polar surface area (TPSA) is 26.3 Å². The maximum absolute atomic E-state index is 11.3. The van der Waals surface area contributed by atoms with Crippen molar-refractivity contribution < 1.29 is 9.53 Å². The molecule has 0 saturated heterocycles. The smallest absolute Gasteiger partial charge is 0.311 e. The van der Waals surface area contributed by atoms with E-state index in [4.69, 9.17) is 4.74 Å². The molecule has 1 aliphatic carbocycles. The fraction of sp³-hybridized carbons (Fsp3) is 0.889. The van der Waals surface area contributed by atoms with Crippen LogP contribution in [0.4, 0.5) is 0 Å². The van der Waals surface area contributed by atoms with Crippen molar-refractivity contribution in [3.05, 3.63) is 0 Å². The monoisotopic (exact) mass is 156 g/mol. The third-order valence-electron chi connectivity index (χ3n) is 2.67. The van der Waals surface area contributed by atoms with Gasteiger partial charge in [0.15, 0.2) is 0 Å². The summed E-state index contributed by atoms with van der Waals surface area (Å²) in [6, 6.07) is 0. The molecule has 0 aromatic carbocycles. The van der Waals surface area contributed by atoms with Crippen LogP contribution in [0.25, 0.3) is 0 Å². The van der Waals surface area contributed by atoms with E-state index in [1.165, 1.54) is 7.11 Å². The van der Waals surface area contributed by atoms with Crippen molar-refractivity contribution in [2.45, 2.75) is 33.1 Å². The van der Waals surface area contributed by atoms with Crippen molar-refractivity contribution in [1.29, 1.82) is 0 Å². The summed E-state index contributed by atoms with van der Waals surface area (Å²) in [5.74, 6) is 0.640. The van der Waals surface area contributed by atoms with Crippen LogP contribution in [0.3, 0.4) is 0 Å². The van der Waals surface area contributed by atoms with Crippen LogP contribution >= 0.6 is 0 Å². The van der Waals surface area contributed by atoms with Gasteiger partial charge in [-0.05, 0) is 32.1 Å². The molecule has 0 unspecified atom stereocenters. The Balaban J connectivity index is 2.61. The summed E-state index contributed by atoms with van der Waals surface area (Å²) >= 11 is 0. The molecule has 0 aliphatic heterocycles. The average molecular weight is 156 g/mol. The maximum atomic E-state index is 11.3. The SMILES string of the molecule is COC(=O)[C@@]1(C)CC[C@H](C)C1. The fourth-order valence-corrected chi connectivity index (χ4v) is 1.97. The highest BCUT2D eigenvalue weighted by atomic mass is 16.5. The van der Waals surface area contributed by atoms with E-state index in [0.717, 1.165) is 19.3 Å². The summed E-state index contributed by atoms with van der Waals surface area (Å²) in [5.41, 5.74) is -0.186. The van der Waals surface area contributed by atoms with Gasteiger partial charge >= 0.3 is 5.97 Å². The van der Waals surface area contributed by atoms with Crippen molar-refractivity contribution in [3.63, 3.8) is 0 Å². The largest absolute Gasteiger partial charge is 0.469 e. The van der Waals surface area contributed by atoms with E-state index in [1.807, 2.05) is 6.92 Å². The Bertz CT molecular complexity index is 165. The number of ether oxygens (including phenoxy) is 1. The molecular weight excluding hydrogens is 140 g/mol. The van der Waals surface area contributed by atoms with Crippen LogP contribution in [-0.2, 0) is 9.53 Å². The second-order valence-corrected chi connectivity index (χ2v) is 3.90. The molecule has 0 aromatic rings. The molecule has 2 heteroatoms. The van der Waals surface area contributed by atoms with Gasteiger partial charge in [0.05, 0.1) is 12.5 Å². The van der Waals surface area contributed by atoms with E-state index in [9.17, 15) is 4.79 Å². The van der Waals surface area contributed by atoms with Gasteiger partial charge in [-0.1, -0.05) is 6.92 Å². The molecule has 2 nitrogen and oxygen atoms in total. The van der Waals surface area contributed by atoms with Crippen LogP contribution in [0.1, 0.15) is 33.1 Å². The maximum Gasteiger partial charge on any atom is 0.311 e. The molecule has 2 atom stereocenters. The number of hydrogen-bond acceptors (Lipinski definition) is 2. The third kappa shape index (κ3) is 1.55. The summed E-state index contributed by atoms with van der Waals surface area (Å²) in [5, 5.41) is 0. The van der Waals surface area contributed by atoms with E-state index < -0.39 is 0 Å². The Morgan fingerprint density at radius 1 is 1.64 bits per heavy atom. The highest BCUT2D eigenvalue weighted by Gasteiger charge is 2.40. The van der Waals surface area contributed by atoms with Gasteiger partial charge < -0.3 is 4.74 Å². The van der Waals surface area contributed by atoms with Crippen LogP contribution in [0.5, 0.6) is 0 Å².